The average molecular weight is 506 g/mol. The van der Waals surface area contributed by atoms with Crippen LogP contribution in [-0.4, -0.2) is 83.2 Å². The Balaban J connectivity index is 1.30. The summed E-state index contributed by atoms with van der Waals surface area (Å²) >= 11 is 1.19. The van der Waals surface area contributed by atoms with E-state index in [1.54, 1.807) is 11.8 Å². The summed E-state index contributed by atoms with van der Waals surface area (Å²) in [6, 6.07) is 16.8. The molecule has 0 radical (unpaired) electrons. The van der Waals surface area contributed by atoms with Gasteiger partial charge in [0.05, 0.1) is 24.5 Å². The molecule has 0 saturated carbocycles. The quantitative estimate of drug-likeness (QED) is 0.557. The number of para-hydroxylation sites is 2. The van der Waals surface area contributed by atoms with Crippen molar-refractivity contribution in [1.29, 1.82) is 0 Å². The molecule has 3 heterocycles. The number of amidine groups is 2. The van der Waals surface area contributed by atoms with Crippen LogP contribution in [0, 0.1) is 0 Å². The van der Waals surface area contributed by atoms with Crippen molar-refractivity contribution < 1.29 is 19.1 Å². The molecule has 1 atom stereocenters. The van der Waals surface area contributed by atoms with Gasteiger partial charge in [-0.2, -0.15) is 4.99 Å². The monoisotopic (exact) mass is 505 g/mol. The zero-order valence-corrected chi connectivity index (χ0v) is 20.8. The molecule has 0 aliphatic carbocycles. The van der Waals surface area contributed by atoms with Crippen LogP contribution in [0.3, 0.4) is 0 Å². The molecule has 0 N–H and O–H groups in total. The molecule has 10 heteroatoms. The first-order valence-corrected chi connectivity index (χ1v) is 13.0. The molecule has 3 aliphatic rings. The van der Waals surface area contributed by atoms with E-state index in [0.717, 1.165) is 24.3 Å². The third-order valence-electron chi connectivity index (χ3n) is 6.35. The third kappa shape index (κ3) is 4.86. The van der Waals surface area contributed by atoms with E-state index in [1.807, 2.05) is 47.4 Å². The number of benzene rings is 2. The summed E-state index contributed by atoms with van der Waals surface area (Å²) in [5, 5.41) is 0.470. The summed E-state index contributed by atoms with van der Waals surface area (Å²) in [6.07, 6.45) is -0.00166. The fourth-order valence-electron chi connectivity index (χ4n) is 4.58. The average Bonchev–Trinajstić information content (AvgIpc) is 3.24. The lowest BCUT2D eigenvalue weighted by atomic mass is 10.1. The van der Waals surface area contributed by atoms with Crippen LogP contribution in [0.2, 0.25) is 0 Å². The SMILES string of the molecule is CCOC(=O)CSC1=Nc2ccccc2C2=NC(=O)C(CC(=O)N3CCN(c4ccccc4)CC3)N12. The van der Waals surface area contributed by atoms with Gasteiger partial charge < -0.3 is 14.5 Å². The Bertz CT molecular complexity index is 1220. The van der Waals surface area contributed by atoms with Crippen LogP contribution in [0.25, 0.3) is 0 Å². The molecule has 1 saturated heterocycles. The van der Waals surface area contributed by atoms with E-state index < -0.39 is 6.04 Å². The first-order valence-electron chi connectivity index (χ1n) is 12.0. The second-order valence-electron chi connectivity index (χ2n) is 8.57. The van der Waals surface area contributed by atoms with E-state index in [1.165, 1.54) is 11.8 Å². The van der Waals surface area contributed by atoms with Gasteiger partial charge in [-0.05, 0) is 31.2 Å². The molecule has 2 aromatic carbocycles. The Morgan fingerprint density at radius 1 is 1.00 bits per heavy atom. The predicted molar refractivity (Wildman–Crippen MR) is 140 cm³/mol. The number of ether oxygens (including phenoxy) is 1. The molecule has 9 nitrogen and oxygen atoms in total. The Morgan fingerprint density at radius 2 is 1.72 bits per heavy atom. The van der Waals surface area contributed by atoms with Gasteiger partial charge in [0.25, 0.3) is 5.91 Å². The molecule has 2 aromatic rings. The molecule has 36 heavy (non-hydrogen) atoms. The number of piperazine rings is 1. The van der Waals surface area contributed by atoms with Crippen LogP contribution in [0.5, 0.6) is 0 Å². The number of amides is 2. The fraction of sp³-hybridized carbons (Fsp3) is 0.346. The summed E-state index contributed by atoms with van der Waals surface area (Å²) in [7, 11) is 0. The van der Waals surface area contributed by atoms with Crippen molar-refractivity contribution in [3.05, 3.63) is 60.2 Å². The molecule has 2 amide bonds. The van der Waals surface area contributed by atoms with Gasteiger partial charge in [0.15, 0.2) is 5.17 Å². The number of anilines is 1. The van der Waals surface area contributed by atoms with Crippen molar-refractivity contribution in [3.63, 3.8) is 0 Å². The zero-order valence-electron chi connectivity index (χ0n) is 20.0. The minimum Gasteiger partial charge on any atom is -0.465 e. The standard InChI is InChI=1S/C26H27N5O4S/c1-2-35-23(33)17-36-26-27-20-11-7-6-10-19(20)24-28-25(34)21(31(24)26)16-22(32)30-14-12-29(13-15-30)18-8-4-3-5-9-18/h3-11,21H,2,12-17H2,1H3. The smallest absolute Gasteiger partial charge is 0.316 e. The molecule has 1 unspecified atom stereocenters. The Kier molecular flexibility index (Phi) is 7.04. The molecule has 0 bridgehead atoms. The van der Waals surface area contributed by atoms with E-state index in [-0.39, 0.29) is 36.6 Å². The molecular weight excluding hydrogens is 478 g/mol. The summed E-state index contributed by atoms with van der Waals surface area (Å²) in [4.78, 5) is 53.1. The number of rotatable bonds is 6. The number of fused-ring (bicyclic) bond motifs is 3. The number of carbonyl (C=O) groups excluding carboxylic acids is 3. The first-order chi connectivity index (χ1) is 17.5. The van der Waals surface area contributed by atoms with Crippen LogP contribution in [0.15, 0.2) is 64.6 Å². The van der Waals surface area contributed by atoms with Crippen molar-refractivity contribution in [2.75, 3.05) is 43.4 Å². The summed E-state index contributed by atoms with van der Waals surface area (Å²) in [6.45, 7) is 4.68. The van der Waals surface area contributed by atoms with Gasteiger partial charge >= 0.3 is 5.97 Å². The maximum atomic E-state index is 13.3. The van der Waals surface area contributed by atoms with Crippen LogP contribution in [0.1, 0.15) is 18.9 Å². The Hall–Kier alpha value is -3.66. The van der Waals surface area contributed by atoms with Crippen LogP contribution in [-0.2, 0) is 19.1 Å². The highest BCUT2D eigenvalue weighted by Gasteiger charge is 2.43. The summed E-state index contributed by atoms with van der Waals surface area (Å²) in [5.41, 5.74) is 2.55. The number of aliphatic imine (C=N–C) groups is 2. The fourth-order valence-corrected chi connectivity index (χ4v) is 5.42. The highest BCUT2D eigenvalue weighted by atomic mass is 32.2. The van der Waals surface area contributed by atoms with Crippen molar-refractivity contribution in [3.8, 4) is 0 Å². The maximum absolute atomic E-state index is 13.3. The maximum Gasteiger partial charge on any atom is 0.316 e. The number of hydrogen-bond acceptors (Lipinski definition) is 8. The Labute approximate surface area is 213 Å². The van der Waals surface area contributed by atoms with Gasteiger partial charge in [-0.1, -0.05) is 42.1 Å². The highest BCUT2D eigenvalue weighted by molar-refractivity contribution is 8.14. The van der Waals surface area contributed by atoms with E-state index in [2.05, 4.69) is 22.0 Å². The number of nitrogens with zero attached hydrogens (tertiary/aromatic N) is 5. The van der Waals surface area contributed by atoms with Gasteiger partial charge in [-0.3, -0.25) is 19.3 Å². The lowest BCUT2D eigenvalue weighted by Gasteiger charge is -2.37. The molecule has 3 aliphatic heterocycles. The molecule has 186 valence electrons. The van der Waals surface area contributed by atoms with E-state index in [4.69, 9.17) is 9.73 Å². The lowest BCUT2D eigenvalue weighted by molar-refractivity contribution is -0.139. The van der Waals surface area contributed by atoms with Crippen molar-refractivity contribution >= 4 is 51.9 Å². The number of carbonyl (C=O) groups is 3. The predicted octanol–water partition coefficient (Wildman–Crippen LogP) is 2.68. The molecule has 5 rings (SSSR count). The second-order valence-corrected chi connectivity index (χ2v) is 9.51. The molecular formula is C26H27N5O4S. The van der Waals surface area contributed by atoms with E-state index in [0.29, 0.717) is 29.8 Å². The Morgan fingerprint density at radius 3 is 2.47 bits per heavy atom. The van der Waals surface area contributed by atoms with Crippen molar-refractivity contribution in [2.24, 2.45) is 9.98 Å². The molecule has 0 aromatic heterocycles. The minimum absolute atomic E-state index is 0.00166. The topological polar surface area (TPSA) is 94.9 Å². The number of esters is 1. The van der Waals surface area contributed by atoms with Gasteiger partial charge in [0.2, 0.25) is 5.91 Å². The first kappa shape index (κ1) is 24.1. The lowest BCUT2D eigenvalue weighted by Crippen LogP contribution is -2.51. The summed E-state index contributed by atoms with van der Waals surface area (Å²) in [5.74, 6) is -0.302. The van der Waals surface area contributed by atoms with E-state index in [9.17, 15) is 14.4 Å². The van der Waals surface area contributed by atoms with E-state index >= 15 is 0 Å². The summed E-state index contributed by atoms with van der Waals surface area (Å²) < 4.78 is 5.05. The second kappa shape index (κ2) is 10.5. The number of hydrogen-bond donors (Lipinski definition) is 0. The van der Waals surface area contributed by atoms with Gasteiger partial charge in [0.1, 0.15) is 11.9 Å². The van der Waals surface area contributed by atoms with Crippen molar-refractivity contribution in [1.82, 2.24) is 9.80 Å². The van der Waals surface area contributed by atoms with Crippen LogP contribution >= 0.6 is 11.8 Å². The zero-order chi connectivity index (χ0) is 25.1. The highest BCUT2D eigenvalue weighted by Crippen LogP contribution is 2.35. The van der Waals surface area contributed by atoms with Crippen LogP contribution < -0.4 is 4.90 Å². The van der Waals surface area contributed by atoms with Gasteiger partial charge in [-0.15, -0.1) is 0 Å². The van der Waals surface area contributed by atoms with Gasteiger partial charge in [0, 0.05) is 37.4 Å². The largest absolute Gasteiger partial charge is 0.465 e. The molecule has 0 spiro atoms. The van der Waals surface area contributed by atoms with Crippen molar-refractivity contribution in [2.45, 2.75) is 19.4 Å². The normalized spacial score (nSPS) is 18.9. The van der Waals surface area contributed by atoms with Gasteiger partial charge in [-0.25, -0.2) is 4.99 Å². The third-order valence-corrected chi connectivity index (χ3v) is 7.28. The number of thioether (sulfide) groups is 1. The minimum atomic E-state index is -0.790. The van der Waals surface area contributed by atoms with Crippen LogP contribution in [0.4, 0.5) is 11.4 Å². The molecule has 1 fully saturated rings.